The first-order valence-electron chi connectivity index (χ1n) is 8.49. The van der Waals surface area contributed by atoms with Crippen LogP contribution >= 0.6 is 11.6 Å². The molecule has 2 aromatic carbocycles. The van der Waals surface area contributed by atoms with Gasteiger partial charge in [-0.2, -0.15) is 8.42 Å². The molecule has 27 heavy (non-hydrogen) atoms. The van der Waals surface area contributed by atoms with Crippen molar-refractivity contribution in [3.63, 3.8) is 0 Å². The van der Waals surface area contributed by atoms with Crippen LogP contribution in [0.4, 0.5) is 10.5 Å². The summed E-state index contributed by atoms with van der Waals surface area (Å²) in [5, 5.41) is 3.47. The third kappa shape index (κ3) is 6.77. The van der Waals surface area contributed by atoms with Gasteiger partial charge in [-0.25, -0.2) is 4.79 Å². The van der Waals surface area contributed by atoms with E-state index < -0.39 is 10.1 Å². The molecule has 146 valence electrons. The normalized spacial score (nSPS) is 12.3. The molecule has 2 amide bonds. The summed E-state index contributed by atoms with van der Waals surface area (Å²) in [4.78, 5) is 14.5. The average Bonchev–Trinajstić information content (AvgIpc) is 2.61. The van der Waals surface area contributed by atoms with Crippen LogP contribution in [0.5, 0.6) is 5.75 Å². The van der Waals surface area contributed by atoms with Gasteiger partial charge >= 0.3 is 16.1 Å². The molecule has 1 atom stereocenters. The number of carbonyl (C=O) groups is 1. The zero-order valence-electron chi connectivity index (χ0n) is 15.5. The van der Waals surface area contributed by atoms with Crippen LogP contribution in [0.15, 0.2) is 48.5 Å². The van der Waals surface area contributed by atoms with Crippen LogP contribution in [0.3, 0.4) is 0 Å². The zero-order chi connectivity index (χ0) is 20.0. The molecular weight excluding hydrogens is 388 g/mol. The zero-order valence-corrected chi connectivity index (χ0v) is 17.0. The Morgan fingerprint density at radius 2 is 1.74 bits per heavy atom. The quantitative estimate of drug-likeness (QED) is 0.681. The van der Waals surface area contributed by atoms with Gasteiger partial charge in [0, 0.05) is 23.3 Å². The fourth-order valence-electron chi connectivity index (χ4n) is 2.40. The highest BCUT2D eigenvalue weighted by Gasteiger charge is 2.19. The monoisotopic (exact) mass is 410 g/mol. The van der Waals surface area contributed by atoms with Gasteiger partial charge in [-0.15, -0.1) is 0 Å². The predicted octanol–water partition coefficient (Wildman–Crippen LogP) is 4.51. The Labute approximate surface area is 165 Å². The molecule has 0 aliphatic carbocycles. The van der Waals surface area contributed by atoms with Crippen molar-refractivity contribution < 1.29 is 17.4 Å². The van der Waals surface area contributed by atoms with Gasteiger partial charge in [0.1, 0.15) is 5.75 Å². The van der Waals surface area contributed by atoms with E-state index in [2.05, 4.69) is 5.32 Å². The van der Waals surface area contributed by atoms with E-state index >= 15 is 0 Å². The smallest absolute Gasteiger partial charge is 0.322 e. The minimum Gasteiger partial charge on any atom is -0.383 e. The highest BCUT2D eigenvalue weighted by Crippen LogP contribution is 2.19. The maximum Gasteiger partial charge on any atom is 0.322 e. The highest BCUT2D eigenvalue weighted by molar-refractivity contribution is 7.86. The minimum absolute atomic E-state index is 0.0178. The van der Waals surface area contributed by atoms with Crippen molar-refractivity contribution in [1.29, 1.82) is 0 Å². The molecule has 0 saturated carbocycles. The van der Waals surface area contributed by atoms with Crippen LogP contribution in [-0.2, 0) is 16.7 Å². The molecule has 0 bridgehead atoms. The highest BCUT2D eigenvalue weighted by atomic mass is 35.5. The molecule has 0 aromatic heterocycles. The van der Waals surface area contributed by atoms with Gasteiger partial charge in [0.25, 0.3) is 0 Å². The number of rotatable bonds is 7. The maximum absolute atomic E-state index is 12.7. The maximum atomic E-state index is 12.7. The van der Waals surface area contributed by atoms with Gasteiger partial charge in [-0.3, -0.25) is 0 Å². The summed E-state index contributed by atoms with van der Waals surface area (Å²) in [6, 6.07) is 13.3. The van der Waals surface area contributed by atoms with E-state index in [1.807, 2.05) is 13.8 Å². The van der Waals surface area contributed by atoms with E-state index in [0.29, 0.717) is 17.3 Å². The molecule has 0 aliphatic heterocycles. The molecule has 0 fully saturated rings. The van der Waals surface area contributed by atoms with E-state index in [1.165, 1.54) is 0 Å². The van der Waals surface area contributed by atoms with E-state index in [9.17, 15) is 13.2 Å². The SMILES string of the molecule is CCC(C)N(Cc1ccc(OS(C)(=O)=O)cc1)C(=O)Nc1ccc(Cl)cc1. The lowest BCUT2D eigenvalue weighted by atomic mass is 10.1. The summed E-state index contributed by atoms with van der Waals surface area (Å²) >= 11 is 5.87. The molecule has 1 N–H and O–H groups in total. The van der Waals surface area contributed by atoms with Crippen LogP contribution in [0, 0.1) is 0 Å². The molecule has 0 radical (unpaired) electrons. The van der Waals surface area contributed by atoms with E-state index in [-0.39, 0.29) is 17.8 Å². The van der Waals surface area contributed by atoms with Crippen molar-refractivity contribution in [3.8, 4) is 5.75 Å². The number of benzene rings is 2. The summed E-state index contributed by atoms with van der Waals surface area (Å²) in [5.74, 6) is 0.238. The van der Waals surface area contributed by atoms with Crippen LogP contribution in [-0.4, -0.2) is 31.6 Å². The van der Waals surface area contributed by atoms with Crippen LogP contribution in [0.1, 0.15) is 25.8 Å². The third-order valence-electron chi connectivity index (χ3n) is 4.00. The molecular formula is C19H23ClN2O4S. The lowest BCUT2D eigenvalue weighted by molar-refractivity contribution is 0.187. The third-order valence-corrected chi connectivity index (χ3v) is 4.75. The number of amides is 2. The van der Waals surface area contributed by atoms with Crippen molar-refractivity contribution >= 4 is 33.4 Å². The number of nitrogens with one attached hydrogen (secondary N) is 1. The predicted molar refractivity (Wildman–Crippen MR) is 108 cm³/mol. The van der Waals surface area contributed by atoms with Crippen molar-refractivity contribution in [3.05, 3.63) is 59.1 Å². The molecule has 0 heterocycles. The number of nitrogens with zero attached hydrogens (tertiary/aromatic N) is 1. The number of anilines is 1. The molecule has 6 nitrogen and oxygen atoms in total. The molecule has 8 heteroatoms. The lowest BCUT2D eigenvalue weighted by Gasteiger charge is -2.29. The molecule has 2 rings (SSSR count). The first-order valence-corrected chi connectivity index (χ1v) is 10.7. The average molecular weight is 411 g/mol. The van der Waals surface area contributed by atoms with E-state index in [1.54, 1.807) is 53.4 Å². The fourth-order valence-corrected chi connectivity index (χ4v) is 2.99. The molecule has 0 saturated heterocycles. The summed E-state index contributed by atoms with van der Waals surface area (Å²) in [5.41, 5.74) is 1.53. The van der Waals surface area contributed by atoms with Gasteiger partial charge in [-0.1, -0.05) is 30.7 Å². The number of carbonyl (C=O) groups excluding carboxylic acids is 1. The van der Waals surface area contributed by atoms with Crippen molar-refractivity contribution in [2.45, 2.75) is 32.9 Å². The second-order valence-corrected chi connectivity index (χ2v) is 8.26. The molecule has 0 spiro atoms. The van der Waals surface area contributed by atoms with Gasteiger partial charge < -0.3 is 14.4 Å². The van der Waals surface area contributed by atoms with Gasteiger partial charge in [0.05, 0.1) is 6.26 Å². The second kappa shape index (κ2) is 9.10. The Bertz CT molecular complexity index is 868. The first kappa shape index (κ1) is 21.1. The fraction of sp³-hybridized carbons (Fsp3) is 0.316. The van der Waals surface area contributed by atoms with Crippen molar-refractivity contribution in [2.75, 3.05) is 11.6 Å². The summed E-state index contributed by atoms with van der Waals surface area (Å²) in [6.45, 7) is 4.37. The lowest BCUT2D eigenvalue weighted by Crippen LogP contribution is -2.40. The van der Waals surface area contributed by atoms with E-state index in [4.69, 9.17) is 15.8 Å². The first-order chi connectivity index (χ1) is 12.7. The van der Waals surface area contributed by atoms with Crippen LogP contribution in [0.2, 0.25) is 5.02 Å². The van der Waals surface area contributed by atoms with Crippen molar-refractivity contribution in [1.82, 2.24) is 4.90 Å². The number of halogens is 1. The van der Waals surface area contributed by atoms with E-state index in [0.717, 1.165) is 18.2 Å². The molecule has 1 unspecified atom stereocenters. The topological polar surface area (TPSA) is 75.7 Å². The largest absolute Gasteiger partial charge is 0.383 e. The van der Waals surface area contributed by atoms with Crippen LogP contribution < -0.4 is 9.50 Å². The summed E-state index contributed by atoms with van der Waals surface area (Å²) in [7, 11) is -3.57. The second-order valence-electron chi connectivity index (χ2n) is 6.25. The number of urea groups is 1. The van der Waals surface area contributed by atoms with Crippen LogP contribution in [0.25, 0.3) is 0 Å². The number of hydrogen-bond donors (Lipinski definition) is 1. The van der Waals surface area contributed by atoms with Crippen molar-refractivity contribution in [2.24, 2.45) is 0 Å². The Balaban J connectivity index is 2.11. The number of hydrogen-bond acceptors (Lipinski definition) is 4. The Morgan fingerprint density at radius 1 is 1.15 bits per heavy atom. The summed E-state index contributed by atoms with van der Waals surface area (Å²) in [6.07, 6.45) is 1.79. The standard InChI is InChI=1S/C19H23ClN2O4S/c1-4-14(2)22(19(23)21-17-9-7-16(20)8-10-17)13-15-5-11-18(12-6-15)26-27(3,24)25/h5-12,14H,4,13H2,1-3H3,(H,21,23). The molecule has 2 aromatic rings. The Hall–Kier alpha value is -2.25. The van der Waals surface area contributed by atoms with Gasteiger partial charge in [0.15, 0.2) is 0 Å². The Kier molecular flexibility index (Phi) is 7.10. The van der Waals surface area contributed by atoms with Gasteiger partial charge in [-0.05, 0) is 55.3 Å². The molecule has 0 aliphatic rings. The van der Waals surface area contributed by atoms with Gasteiger partial charge in [0.2, 0.25) is 0 Å². The summed E-state index contributed by atoms with van der Waals surface area (Å²) < 4.78 is 27.2. The Morgan fingerprint density at radius 3 is 2.26 bits per heavy atom. The minimum atomic E-state index is -3.57.